The van der Waals surface area contributed by atoms with E-state index in [0.29, 0.717) is 0 Å². The lowest BCUT2D eigenvalue weighted by Crippen LogP contribution is -2.15. The monoisotopic (exact) mass is 794 g/mol. The molecule has 288 valence electrons. The molecule has 1 aromatic heterocycles. The highest BCUT2D eigenvalue weighted by atomic mass is 32.1. The van der Waals surface area contributed by atoms with Crippen LogP contribution >= 0.6 is 11.3 Å². The average molecular weight is 795 g/mol. The molecule has 0 bridgehead atoms. The van der Waals surface area contributed by atoms with Crippen molar-refractivity contribution in [2.45, 2.75) is 38.5 Å². The van der Waals surface area contributed by atoms with Crippen LogP contribution in [-0.4, -0.2) is 0 Å². The lowest BCUT2D eigenvalue weighted by atomic mass is 9.80. The van der Waals surface area contributed by atoms with E-state index in [2.05, 4.69) is 210 Å². The number of rotatable bonds is 3. The summed E-state index contributed by atoms with van der Waals surface area (Å²) in [5, 5.41) is 10.5. The predicted molar refractivity (Wildman–Crippen MR) is 263 cm³/mol. The van der Waals surface area contributed by atoms with E-state index in [4.69, 9.17) is 0 Å². The minimum Gasteiger partial charge on any atom is -0.134 e. The van der Waals surface area contributed by atoms with Crippen molar-refractivity contribution in [2.75, 3.05) is 0 Å². The number of fused-ring (bicyclic) bond motifs is 14. The first-order valence-electron chi connectivity index (χ1n) is 21.6. The summed E-state index contributed by atoms with van der Waals surface area (Å²) in [6, 6.07) is 68.8. The van der Waals surface area contributed by atoms with Crippen molar-refractivity contribution in [3.8, 4) is 55.6 Å². The van der Waals surface area contributed by atoms with E-state index in [1.165, 1.54) is 130 Å². The SMILES string of the molecule is CC1(C)c2ccc(-c3cc4ccccc4c4c3sc3c5c(ccc34)-c3ccccc3C5(C)C)cc2-c2ccc(-c3c4ccccc4c(-c4ccccc4)c4ccccc34)cc21. The predicted octanol–water partition coefficient (Wildman–Crippen LogP) is 17.1. The Hall–Kier alpha value is -6.80. The van der Waals surface area contributed by atoms with Gasteiger partial charge in [0.25, 0.3) is 0 Å². The molecule has 0 saturated carbocycles. The van der Waals surface area contributed by atoms with Gasteiger partial charge in [-0.05, 0) is 123 Å². The molecule has 0 nitrogen and oxygen atoms in total. The molecule has 11 aromatic rings. The average Bonchev–Trinajstić information content (AvgIpc) is 3.88. The molecule has 0 amide bonds. The number of hydrogen-bond acceptors (Lipinski definition) is 1. The second kappa shape index (κ2) is 12.4. The molecule has 1 heteroatoms. The summed E-state index contributed by atoms with van der Waals surface area (Å²) in [6.07, 6.45) is 0. The highest BCUT2D eigenvalue weighted by Gasteiger charge is 2.39. The topological polar surface area (TPSA) is 0 Å². The van der Waals surface area contributed by atoms with E-state index in [1.807, 2.05) is 11.3 Å². The van der Waals surface area contributed by atoms with Gasteiger partial charge in [-0.3, -0.25) is 0 Å². The van der Waals surface area contributed by atoms with Gasteiger partial charge >= 0.3 is 0 Å². The third kappa shape index (κ3) is 4.70. The first-order chi connectivity index (χ1) is 29.8. The van der Waals surface area contributed by atoms with Gasteiger partial charge < -0.3 is 0 Å². The van der Waals surface area contributed by atoms with Crippen LogP contribution in [0.3, 0.4) is 0 Å². The van der Waals surface area contributed by atoms with E-state index in [1.54, 1.807) is 0 Å². The Morgan fingerprint density at radius 1 is 0.328 bits per heavy atom. The first-order valence-corrected chi connectivity index (χ1v) is 22.4. The molecule has 0 aliphatic heterocycles. The normalized spacial score (nSPS) is 14.5. The molecule has 0 saturated heterocycles. The largest absolute Gasteiger partial charge is 0.134 e. The summed E-state index contributed by atoms with van der Waals surface area (Å²) in [5.74, 6) is 0. The Morgan fingerprint density at radius 2 is 0.902 bits per heavy atom. The van der Waals surface area contributed by atoms with Crippen LogP contribution < -0.4 is 0 Å². The lowest BCUT2D eigenvalue weighted by molar-refractivity contribution is 0.660. The van der Waals surface area contributed by atoms with Crippen molar-refractivity contribution in [1.29, 1.82) is 0 Å². The fraction of sp³-hybridized carbons (Fsp3) is 0.100. The van der Waals surface area contributed by atoms with Gasteiger partial charge in [-0.2, -0.15) is 0 Å². The van der Waals surface area contributed by atoms with E-state index >= 15 is 0 Å². The zero-order valence-corrected chi connectivity index (χ0v) is 35.5. The minimum absolute atomic E-state index is 0.0769. The molecule has 0 N–H and O–H groups in total. The summed E-state index contributed by atoms with van der Waals surface area (Å²) in [6.45, 7) is 9.65. The van der Waals surface area contributed by atoms with Gasteiger partial charge in [0.1, 0.15) is 0 Å². The molecule has 0 atom stereocenters. The second-order valence-corrected chi connectivity index (χ2v) is 19.4. The molecule has 13 rings (SSSR count). The third-order valence-corrected chi connectivity index (χ3v) is 15.7. The molecule has 61 heavy (non-hydrogen) atoms. The number of benzene rings is 10. The Kier molecular flexibility index (Phi) is 7.11. The third-order valence-electron chi connectivity index (χ3n) is 14.4. The molecule has 0 unspecified atom stereocenters. The van der Waals surface area contributed by atoms with Gasteiger partial charge in [0.15, 0.2) is 0 Å². The molecule has 1 heterocycles. The number of thiophene rings is 1. The van der Waals surface area contributed by atoms with E-state index < -0.39 is 0 Å². The molecule has 0 radical (unpaired) electrons. The van der Waals surface area contributed by atoms with Crippen LogP contribution in [0.2, 0.25) is 0 Å². The molecule has 0 fully saturated rings. The maximum Gasteiger partial charge on any atom is 0.0440 e. The molecular weight excluding hydrogens is 753 g/mol. The highest BCUT2D eigenvalue weighted by molar-refractivity contribution is 7.26. The fourth-order valence-corrected chi connectivity index (χ4v) is 13.1. The van der Waals surface area contributed by atoms with E-state index in [0.717, 1.165) is 0 Å². The van der Waals surface area contributed by atoms with E-state index in [9.17, 15) is 0 Å². The van der Waals surface area contributed by atoms with Crippen LogP contribution in [0.15, 0.2) is 182 Å². The molecule has 2 aliphatic rings. The smallest absolute Gasteiger partial charge is 0.0440 e. The minimum atomic E-state index is -0.160. The summed E-state index contributed by atoms with van der Waals surface area (Å²) in [7, 11) is 0. The second-order valence-electron chi connectivity index (χ2n) is 18.3. The summed E-state index contributed by atoms with van der Waals surface area (Å²) >= 11 is 2.00. The highest BCUT2D eigenvalue weighted by Crippen LogP contribution is 2.57. The van der Waals surface area contributed by atoms with Gasteiger partial charge in [0.2, 0.25) is 0 Å². The van der Waals surface area contributed by atoms with Crippen molar-refractivity contribution in [1.82, 2.24) is 0 Å². The molecule has 2 aliphatic carbocycles. The van der Waals surface area contributed by atoms with Crippen LogP contribution in [0.1, 0.15) is 49.9 Å². The van der Waals surface area contributed by atoms with Crippen molar-refractivity contribution in [3.63, 3.8) is 0 Å². The van der Waals surface area contributed by atoms with Crippen molar-refractivity contribution in [2.24, 2.45) is 0 Å². The Bertz CT molecular complexity index is 3630. The van der Waals surface area contributed by atoms with Crippen LogP contribution in [0, 0.1) is 0 Å². The zero-order chi connectivity index (χ0) is 40.8. The summed E-state index contributed by atoms with van der Waals surface area (Å²) < 4.78 is 2.79. The van der Waals surface area contributed by atoms with Gasteiger partial charge in [0, 0.05) is 36.6 Å². The maximum atomic E-state index is 2.51. The Balaban J connectivity index is 1.01. The van der Waals surface area contributed by atoms with Crippen LogP contribution in [0.25, 0.3) is 108 Å². The van der Waals surface area contributed by atoms with Gasteiger partial charge in [-0.25, -0.2) is 0 Å². The fourth-order valence-electron chi connectivity index (χ4n) is 11.6. The summed E-state index contributed by atoms with van der Waals surface area (Å²) in [4.78, 5) is 0. The molecule has 10 aromatic carbocycles. The summed E-state index contributed by atoms with van der Waals surface area (Å²) in [5.41, 5.74) is 18.6. The van der Waals surface area contributed by atoms with Crippen LogP contribution in [0.4, 0.5) is 0 Å². The van der Waals surface area contributed by atoms with Gasteiger partial charge in [-0.1, -0.05) is 191 Å². The van der Waals surface area contributed by atoms with Crippen molar-refractivity contribution < 1.29 is 0 Å². The zero-order valence-electron chi connectivity index (χ0n) is 34.7. The Morgan fingerprint density at radius 3 is 1.64 bits per heavy atom. The standard InChI is InChI=1S/C60H42S/c1-59(2)51-31-27-37(48-32-36-18-8-9-19-39(36)55-47-30-29-46-40-20-14-15-25-50(40)60(3,4)56(46)58(47)61-57(48)55)33-49(51)41-28-26-38(34-52(41)59)54-44-23-12-10-21-42(44)53(35-16-6-5-7-17-35)43-22-11-13-24-45(43)54/h5-34H,1-4H3. The first kappa shape index (κ1) is 35.0. The lowest BCUT2D eigenvalue weighted by Gasteiger charge is -2.23. The van der Waals surface area contributed by atoms with Crippen LogP contribution in [-0.2, 0) is 10.8 Å². The Labute approximate surface area is 360 Å². The van der Waals surface area contributed by atoms with Gasteiger partial charge in [-0.15, -0.1) is 11.3 Å². The van der Waals surface area contributed by atoms with Crippen molar-refractivity contribution >= 4 is 63.8 Å². The van der Waals surface area contributed by atoms with Crippen molar-refractivity contribution in [3.05, 3.63) is 204 Å². The number of hydrogen-bond donors (Lipinski definition) is 0. The van der Waals surface area contributed by atoms with Crippen LogP contribution in [0.5, 0.6) is 0 Å². The maximum absolute atomic E-state index is 2.51. The molecular formula is C60H42S. The molecule has 0 spiro atoms. The quantitative estimate of drug-likeness (QED) is 0.156. The van der Waals surface area contributed by atoms with Gasteiger partial charge in [0.05, 0.1) is 0 Å². The van der Waals surface area contributed by atoms with E-state index in [-0.39, 0.29) is 10.8 Å².